The molecule has 0 amide bonds. The topological polar surface area (TPSA) is 44.1 Å². The van der Waals surface area contributed by atoms with Gasteiger partial charge in [-0.2, -0.15) is 0 Å². The second-order valence-corrected chi connectivity index (χ2v) is 7.65. The van der Waals surface area contributed by atoms with Crippen molar-refractivity contribution in [3.05, 3.63) is 37.8 Å². The van der Waals surface area contributed by atoms with E-state index in [9.17, 15) is 4.79 Å². The summed E-state index contributed by atoms with van der Waals surface area (Å²) >= 11 is 9.80. The van der Waals surface area contributed by atoms with Crippen LogP contribution >= 0.6 is 27.5 Å². The zero-order valence-electron chi connectivity index (χ0n) is 12.8. The first kappa shape index (κ1) is 16.0. The van der Waals surface area contributed by atoms with Gasteiger partial charge in [-0.25, -0.2) is 4.98 Å². The van der Waals surface area contributed by atoms with Crippen molar-refractivity contribution in [2.75, 3.05) is 6.61 Å². The molecule has 1 aliphatic rings. The van der Waals surface area contributed by atoms with E-state index in [0.717, 1.165) is 22.9 Å². The Balaban J connectivity index is 2.20. The van der Waals surface area contributed by atoms with Gasteiger partial charge in [-0.3, -0.25) is 9.36 Å². The highest BCUT2D eigenvalue weighted by Gasteiger charge is 2.32. The number of ether oxygens (including phenoxy) is 1. The number of nitrogens with zero attached hydrogens (tertiary/aromatic N) is 2. The molecule has 4 nitrogen and oxygen atoms in total. The number of fused-ring (bicyclic) bond motifs is 1. The summed E-state index contributed by atoms with van der Waals surface area (Å²) in [6.07, 6.45) is 1.51. The van der Waals surface area contributed by atoms with E-state index < -0.39 is 0 Å². The van der Waals surface area contributed by atoms with Gasteiger partial charge in [-0.1, -0.05) is 0 Å². The third-order valence-corrected chi connectivity index (χ3v) is 4.97. The van der Waals surface area contributed by atoms with Crippen LogP contribution in [-0.4, -0.2) is 21.8 Å². The summed E-state index contributed by atoms with van der Waals surface area (Å²) in [6, 6.07) is 3.82. The first-order chi connectivity index (χ1) is 10.3. The van der Waals surface area contributed by atoms with Crippen LogP contribution < -0.4 is 5.56 Å². The quantitative estimate of drug-likeness (QED) is 0.689. The minimum atomic E-state index is -0.256. The number of halogens is 2. The molecule has 2 aromatic rings. The monoisotopic (exact) mass is 384 g/mol. The summed E-state index contributed by atoms with van der Waals surface area (Å²) in [5.41, 5.74) is 1.29. The van der Waals surface area contributed by atoms with E-state index in [1.165, 1.54) is 0 Å². The van der Waals surface area contributed by atoms with E-state index in [-0.39, 0.29) is 22.5 Å². The van der Waals surface area contributed by atoms with Gasteiger partial charge in [-0.05, 0) is 78.8 Å². The Morgan fingerprint density at radius 2 is 2.18 bits per heavy atom. The minimum absolute atomic E-state index is 0.0138. The van der Waals surface area contributed by atoms with Crippen LogP contribution in [0.1, 0.15) is 38.3 Å². The molecule has 1 atom stereocenters. The predicted octanol–water partition coefficient (Wildman–Crippen LogP) is 4.25. The van der Waals surface area contributed by atoms with Crippen LogP contribution in [0.15, 0.2) is 21.4 Å². The molecule has 1 aliphatic heterocycles. The lowest BCUT2D eigenvalue weighted by Gasteiger charge is -2.36. The first-order valence-electron chi connectivity index (χ1n) is 7.30. The average Bonchev–Trinajstić information content (AvgIpc) is 2.39. The molecule has 118 valence electrons. The van der Waals surface area contributed by atoms with Crippen molar-refractivity contribution in [2.45, 2.75) is 45.3 Å². The molecular weight excluding hydrogens is 368 g/mol. The summed E-state index contributed by atoms with van der Waals surface area (Å²) in [5.74, 6) is 0. The number of benzene rings is 1. The predicted molar refractivity (Wildman–Crippen MR) is 91.8 cm³/mol. The number of aryl methyl sites for hydroxylation is 1. The molecule has 0 N–H and O–H groups in total. The molecule has 0 radical (unpaired) electrons. The third kappa shape index (κ3) is 2.82. The maximum atomic E-state index is 12.9. The van der Waals surface area contributed by atoms with Crippen molar-refractivity contribution in [3.63, 3.8) is 0 Å². The van der Waals surface area contributed by atoms with Crippen LogP contribution in [0.5, 0.6) is 0 Å². The summed E-state index contributed by atoms with van der Waals surface area (Å²) in [6.45, 7) is 6.65. The highest BCUT2D eigenvalue weighted by atomic mass is 79.9. The van der Waals surface area contributed by atoms with Gasteiger partial charge in [0.15, 0.2) is 0 Å². The zero-order valence-corrected chi connectivity index (χ0v) is 15.2. The molecule has 1 saturated heterocycles. The minimum Gasteiger partial charge on any atom is -0.375 e. The normalized spacial score (nSPS) is 21.2. The van der Waals surface area contributed by atoms with E-state index in [2.05, 4.69) is 20.9 Å². The molecule has 0 spiro atoms. The van der Waals surface area contributed by atoms with Crippen molar-refractivity contribution in [2.24, 2.45) is 0 Å². The average molecular weight is 386 g/mol. The summed E-state index contributed by atoms with van der Waals surface area (Å²) in [4.78, 5) is 17.4. The van der Waals surface area contributed by atoms with Gasteiger partial charge >= 0.3 is 0 Å². The Kier molecular flexibility index (Phi) is 4.08. The first-order valence-corrected chi connectivity index (χ1v) is 8.47. The summed E-state index contributed by atoms with van der Waals surface area (Å²) in [5, 5.41) is 0.838. The number of rotatable bonds is 1. The molecule has 0 bridgehead atoms. The van der Waals surface area contributed by atoms with Crippen LogP contribution in [-0.2, 0) is 4.74 Å². The van der Waals surface area contributed by atoms with Crippen molar-refractivity contribution < 1.29 is 4.74 Å². The Labute approximate surface area is 142 Å². The van der Waals surface area contributed by atoms with Gasteiger partial charge in [0.25, 0.3) is 5.56 Å². The van der Waals surface area contributed by atoms with Gasteiger partial charge in [0.05, 0.1) is 16.5 Å². The summed E-state index contributed by atoms with van der Waals surface area (Å²) in [7, 11) is 0. The fourth-order valence-electron chi connectivity index (χ4n) is 3.11. The standard InChI is InChI=1S/C16H18BrClN2O2/c1-9-6-11-13(12(17)7-9)19-15(18)20(14(11)21)10-4-5-22-16(2,3)8-10/h6-7,10H,4-5,8H2,1-3H3. The van der Waals surface area contributed by atoms with Crippen molar-refractivity contribution in [3.8, 4) is 0 Å². The lowest BCUT2D eigenvalue weighted by atomic mass is 9.93. The molecule has 0 saturated carbocycles. The van der Waals surface area contributed by atoms with Crippen LogP contribution in [0.25, 0.3) is 10.9 Å². The van der Waals surface area contributed by atoms with Gasteiger partial charge in [0, 0.05) is 17.1 Å². The fraction of sp³-hybridized carbons (Fsp3) is 0.500. The number of hydrogen-bond acceptors (Lipinski definition) is 3. The second kappa shape index (κ2) is 5.62. The van der Waals surface area contributed by atoms with Gasteiger partial charge in [0.2, 0.25) is 5.28 Å². The van der Waals surface area contributed by atoms with E-state index in [1.54, 1.807) is 4.57 Å². The van der Waals surface area contributed by atoms with E-state index in [1.807, 2.05) is 32.9 Å². The highest BCUT2D eigenvalue weighted by molar-refractivity contribution is 9.10. The third-order valence-electron chi connectivity index (χ3n) is 4.10. The van der Waals surface area contributed by atoms with Gasteiger partial charge in [-0.15, -0.1) is 0 Å². The maximum absolute atomic E-state index is 12.9. The highest BCUT2D eigenvalue weighted by Crippen LogP contribution is 2.33. The van der Waals surface area contributed by atoms with Gasteiger partial charge in [0.1, 0.15) is 0 Å². The Morgan fingerprint density at radius 3 is 2.86 bits per heavy atom. The van der Waals surface area contributed by atoms with E-state index in [4.69, 9.17) is 16.3 Å². The molecule has 6 heteroatoms. The molecule has 1 aromatic heterocycles. The SMILES string of the molecule is Cc1cc(Br)c2nc(Cl)n(C3CCOC(C)(C)C3)c(=O)c2c1. The van der Waals surface area contributed by atoms with Crippen molar-refractivity contribution in [1.29, 1.82) is 0 Å². The van der Waals surface area contributed by atoms with Crippen LogP contribution in [0.3, 0.4) is 0 Å². The van der Waals surface area contributed by atoms with Gasteiger partial charge < -0.3 is 4.74 Å². The lowest BCUT2D eigenvalue weighted by Crippen LogP contribution is -2.38. The number of hydrogen-bond donors (Lipinski definition) is 0. The fourth-order valence-corrected chi connectivity index (χ4v) is 4.07. The van der Waals surface area contributed by atoms with Crippen LogP contribution in [0.2, 0.25) is 5.28 Å². The molecule has 1 fully saturated rings. The largest absolute Gasteiger partial charge is 0.375 e. The summed E-state index contributed by atoms with van der Waals surface area (Å²) < 4.78 is 8.15. The molecule has 0 aliphatic carbocycles. The van der Waals surface area contributed by atoms with E-state index >= 15 is 0 Å². The number of aromatic nitrogens is 2. The van der Waals surface area contributed by atoms with Crippen LogP contribution in [0.4, 0.5) is 0 Å². The molecule has 22 heavy (non-hydrogen) atoms. The van der Waals surface area contributed by atoms with Crippen LogP contribution in [0, 0.1) is 6.92 Å². The van der Waals surface area contributed by atoms with E-state index in [0.29, 0.717) is 17.5 Å². The molecule has 2 heterocycles. The molecule has 1 aromatic carbocycles. The molecule has 3 rings (SSSR count). The Morgan fingerprint density at radius 1 is 1.45 bits per heavy atom. The molecular formula is C16H18BrClN2O2. The molecule has 1 unspecified atom stereocenters. The van der Waals surface area contributed by atoms with Crippen molar-refractivity contribution in [1.82, 2.24) is 9.55 Å². The zero-order chi connectivity index (χ0) is 16.1. The van der Waals surface area contributed by atoms with Crippen molar-refractivity contribution >= 4 is 38.4 Å². The lowest BCUT2D eigenvalue weighted by molar-refractivity contribution is -0.0695. The second-order valence-electron chi connectivity index (χ2n) is 6.45. The Bertz CT molecular complexity index is 801. The maximum Gasteiger partial charge on any atom is 0.262 e. The smallest absolute Gasteiger partial charge is 0.262 e. The Hall–Kier alpha value is -0.910.